The first-order valence-electron chi connectivity index (χ1n) is 9.77. The minimum Gasteiger partial charge on any atom is -0.497 e. The van der Waals surface area contributed by atoms with E-state index in [1.807, 2.05) is 32.0 Å². The Balaban J connectivity index is 1.56. The molecule has 2 heterocycles. The van der Waals surface area contributed by atoms with Gasteiger partial charge in [0.15, 0.2) is 11.5 Å². The lowest BCUT2D eigenvalue weighted by Gasteiger charge is -2.20. The molecule has 0 saturated carbocycles. The Bertz CT molecular complexity index is 1030. The van der Waals surface area contributed by atoms with Gasteiger partial charge < -0.3 is 24.1 Å². The molecular weight excluding hydrogens is 386 g/mol. The maximum atomic E-state index is 12.8. The Hall–Kier alpha value is -3.55. The monoisotopic (exact) mass is 409 g/mol. The van der Waals surface area contributed by atoms with Gasteiger partial charge in [0, 0.05) is 11.1 Å². The van der Waals surface area contributed by atoms with Crippen molar-refractivity contribution in [3.05, 3.63) is 53.9 Å². The summed E-state index contributed by atoms with van der Waals surface area (Å²) < 4.78 is 21.4. The van der Waals surface area contributed by atoms with Crippen molar-refractivity contribution in [1.29, 1.82) is 0 Å². The second kappa shape index (κ2) is 8.44. The third-order valence-corrected chi connectivity index (χ3v) is 5.19. The highest BCUT2D eigenvalue weighted by Crippen LogP contribution is 2.35. The summed E-state index contributed by atoms with van der Waals surface area (Å²) in [7, 11) is 1.58. The van der Waals surface area contributed by atoms with E-state index in [-0.39, 0.29) is 18.6 Å². The zero-order chi connectivity index (χ0) is 21.1. The first-order chi connectivity index (χ1) is 14.6. The molecule has 0 saturated heterocycles. The molecule has 3 aromatic rings. The van der Waals surface area contributed by atoms with Crippen LogP contribution in [0.4, 0.5) is 0 Å². The van der Waals surface area contributed by atoms with Crippen LogP contribution in [0.15, 0.2) is 47.0 Å². The second-order valence-corrected chi connectivity index (χ2v) is 7.09. The number of hydrogen-bond donors (Lipinski definition) is 1. The molecule has 0 spiro atoms. The number of hydrogen-bond acceptors (Lipinski definition) is 7. The van der Waals surface area contributed by atoms with E-state index < -0.39 is 6.04 Å². The van der Waals surface area contributed by atoms with Crippen molar-refractivity contribution >= 4 is 5.91 Å². The van der Waals surface area contributed by atoms with Crippen molar-refractivity contribution in [2.45, 2.75) is 26.3 Å². The standard InChI is InChI=1S/C22H23N3O5/c1-4-13(2)19(23-21(26)14-5-8-16(27-3)9-6-14)22-24-20(25-30-22)15-7-10-17-18(11-15)29-12-28-17/h5-11,13,19H,4,12H2,1-3H3,(H,23,26)/t13-,19-/m0/s1. The van der Waals surface area contributed by atoms with Crippen molar-refractivity contribution in [1.82, 2.24) is 15.5 Å². The van der Waals surface area contributed by atoms with Crippen LogP contribution in [0.25, 0.3) is 11.4 Å². The number of methoxy groups -OCH3 is 1. The number of carbonyl (C=O) groups is 1. The van der Waals surface area contributed by atoms with Gasteiger partial charge >= 0.3 is 0 Å². The van der Waals surface area contributed by atoms with Crippen LogP contribution in [0.1, 0.15) is 42.6 Å². The highest BCUT2D eigenvalue weighted by atomic mass is 16.7. The van der Waals surface area contributed by atoms with E-state index in [2.05, 4.69) is 15.5 Å². The molecule has 0 aliphatic carbocycles. The third kappa shape index (κ3) is 3.94. The summed E-state index contributed by atoms with van der Waals surface area (Å²) in [5.74, 6) is 2.68. The van der Waals surface area contributed by atoms with E-state index in [1.54, 1.807) is 31.4 Å². The van der Waals surface area contributed by atoms with Crippen molar-refractivity contribution < 1.29 is 23.5 Å². The predicted octanol–water partition coefficient (Wildman–Crippen LogP) is 3.99. The molecular formula is C22H23N3O5. The van der Waals surface area contributed by atoms with E-state index in [0.29, 0.717) is 34.5 Å². The lowest BCUT2D eigenvalue weighted by molar-refractivity contribution is 0.0910. The maximum Gasteiger partial charge on any atom is 0.251 e. The number of amides is 1. The molecule has 2 aromatic carbocycles. The highest BCUT2D eigenvalue weighted by Gasteiger charge is 2.27. The number of nitrogens with zero attached hydrogens (tertiary/aromatic N) is 2. The van der Waals surface area contributed by atoms with E-state index in [4.69, 9.17) is 18.7 Å². The van der Waals surface area contributed by atoms with Gasteiger partial charge in [0.2, 0.25) is 18.5 Å². The molecule has 156 valence electrons. The minimum atomic E-state index is -0.417. The van der Waals surface area contributed by atoms with Gasteiger partial charge in [-0.2, -0.15) is 4.98 Å². The predicted molar refractivity (Wildman–Crippen MR) is 109 cm³/mol. The molecule has 0 unspecified atom stereocenters. The van der Waals surface area contributed by atoms with E-state index in [0.717, 1.165) is 12.0 Å². The molecule has 8 heteroatoms. The fraction of sp³-hybridized carbons (Fsp3) is 0.318. The summed E-state index contributed by atoms with van der Waals surface area (Å²) in [5, 5.41) is 7.13. The van der Waals surface area contributed by atoms with Gasteiger partial charge in [-0.15, -0.1) is 0 Å². The van der Waals surface area contributed by atoms with Gasteiger partial charge in [-0.05, 0) is 48.4 Å². The molecule has 0 fully saturated rings. The van der Waals surface area contributed by atoms with Crippen LogP contribution in [0, 0.1) is 5.92 Å². The SMILES string of the molecule is CC[C@H](C)[C@H](NC(=O)c1ccc(OC)cc1)c1nc(-c2ccc3c(c2)OCO3)no1. The van der Waals surface area contributed by atoms with Gasteiger partial charge in [0.1, 0.15) is 11.8 Å². The molecule has 0 bridgehead atoms. The molecule has 1 amide bonds. The summed E-state index contributed by atoms with van der Waals surface area (Å²) in [4.78, 5) is 17.3. The average molecular weight is 409 g/mol. The Labute approximate surface area is 174 Å². The first-order valence-corrected chi connectivity index (χ1v) is 9.77. The molecule has 1 aromatic heterocycles. The van der Waals surface area contributed by atoms with Crippen LogP contribution in [-0.4, -0.2) is 30.0 Å². The average Bonchev–Trinajstić information content (AvgIpc) is 3.46. The van der Waals surface area contributed by atoms with Crippen molar-refractivity contribution in [2.24, 2.45) is 5.92 Å². The third-order valence-electron chi connectivity index (χ3n) is 5.19. The lowest BCUT2D eigenvalue weighted by atomic mass is 9.98. The fourth-order valence-corrected chi connectivity index (χ4v) is 3.16. The van der Waals surface area contributed by atoms with E-state index in [1.165, 1.54) is 0 Å². The molecule has 4 rings (SSSR count). The Morgan fingerprint density at radius 1 is 1.17 bits per heavy atom. The summed E-state index contributed by atoms with van der Waals surface area (Å²) in [6, 6.07) is 12.0. The molecule has 1 aliphatic heterocycles. The molecule has 30 heavy (non-hydrogen) atoms. The van der Waals surface area contributed by atoms with Crippen LogP contribution in [0.2, 0.25) is 0 Å². The van der Waals surface area contributed by atoms with Crippen molar-refractivity contribution in [3.8, 4) is 28.6 Å². The normalized spacial score (nSPS) is 14.2. The number of nitrogens with one attached hydrogen (secondary N) is 1. The maximum absolute atomic E-state index is 12.8. The van der Waals surface area contributed by atoms with E-state index >= 15 is 0 Å². The minimum absolute atomic E-state index is 0.0947. The summed E-state index contributed by atoms with van der Waals surface area (Å²) in [6.07, 6.45) is 0.829. The highest BCUT2D eigenvalue weighted by molar-refractivity contribution is 5.94. The topological polar surface area (TPSA) is 95.7 Å². The fourth-order valence-electron chi connectivity index (χ4n) is 3.16. The number of fused-ring (bicyclic) bond motifs is 1. The van der Waals surface area contributed by atoms with Gasteiger partial charge in [0.25, 0.3) is 5.91 Å². The summed E-state index contributed by atoms with van der Waals surface area (Å²) in [6.45, 7) is 4.28. The molecule has 1 aliphatic rings. The quantitative estimate of drug-likeness (QED) is 0.630. The van der Waals surface area contributed by atoms with Gasteiger partial charge in [0.05, 0.1) is 7.11 Å². The largest absolute Gasteiger partial charge is 0.497 e. The van der Waals surface area contributed by atoms with Crippen molar-refractivity contribution in [3.63, 3.8) is 0 Å². The molecule has 2 atom stereocenters. The second-order valence-electron chi connectivity index (χ2n) is 7.09. The molecule has 1 N–H and O–H groups in total. The van der Waals surface area contributed by atoms with Crippen LogP contribution >= 0.6 is 0 Å². The van der Waals surface area contributed by atoms with Crippen LogP contribution in [-0.2, 0) is 0 Å². The molecule has 0 radical (unpaired) electrons. The number of rotatable bonds is 7. The lowest BCUT2D eigenvalue weighted by Crippen LogP contribution is -2.32. The van der Waals surface area contributed by atoms with Crippen LogP contribution in [0.5, 0.6) is 17.2 Å². The van der Waals surface area contributed by atoms with E-state index in [9.17, 15) is 4.79 Å². The summed E-state index contributed by atoms with van der Waals surface area (Å²) in [5.41, 5.74) is 1.28. The van der Waals surface area contributed by atoms with Gasteiger partial charge in [-0.25, -0.2) is 0 Å². The molecule has 8 nitrogen and oxygen atoms in total. The zero-order valence-corrected chi connectivity index (χ0v) is 17.0. The number of aromatic nitrogens is 2. The first kappa shape index (κ1) is 19.8. The number of ether oxygens (including phenoxy) is 3. The van der Waals surface area contributed by atoms with Gasteiger partial charge in [-0.1, -0.05) is 25.4 Å². The number of benzene rings is 2. The Kier molecular flexibility index (Phi) is 5.56. The van der Waals surface area contributed by atoms with Gasteiger partial charge in [-0.3, -0.25) is 4.79 Å². The van der Waals surface area contributed by atoms with Crippen LogP contribution in [0.3, 0.4) is 0 Å². The Morgan fingerprint density at radius 2 is 1.93 bits per heavy atom. The Morgan fingerprint density at radius 3 is 2.67 bits per heavy atom. The summed E-state index contributed by atoms with van der Waals surface area (Å²) >= 11 is 0. The van der Waals surface area contributed by atoms with Crippen molar-refractivity contribution in [2.75, 3.05) is 13.9 Å². The van der Waals surface area contributed by atoms with Crippen LogP contribution < -0.4 is 19.5 Å². The zero-order valence-electron chi connectivity index (χ0n) is 17.0. The number of carbonyl (C=O) groups excluding carboxylic acids is 1. The smallest absolute Gasteiger partial charge is 0.251 e.